The van der Waals surface area contributed by atoms with Crippen LogP contribution in [0.1, 0.15) is 26.3 Å². The summed E-state index contributed by atoms with van der Waals surface area (Å²) >= 11 is 6.67. The third-order valence-electron chi connectivity index (χ3n) is 3.25. The molecule has 0 radical (unpaired) electrons. The highest BCUT2D eigenvalue weighted by Gasteiger charge is 2.35. The van der Waals surface area contributed by atoms with Crippen molar-refractivity contribution in [2.75, 3.05) is 5.73 Å². The minimum atomic E-state index is -0.283. The van der Waals surface area contributed by atoms with E-state index in [1.807, 2.05) is 6.07 Å². The summed E-state index contributed by atoms with van der Waals surface area (Å²) in [5, 5.41) is 0. The Morgan fingerprint density at radius 3 is 2.33 bits per heavy atom. The molecule has 21 heavy (non-hydrogen) atoms. The Kier molecular flexibility index (Phi) is 3.59. The number of halogens is 2. The van der Waals surface area contributed by atoms with Gasteiger partial charge in [-0.05, 0) is 42.0 Å². The van der Waals surface area contributed by atoms with Crippen LogP contribution in [0.15, 0.2) is 45.3 Å². The van der Waals surface area contributed by atoms with E-state index in [0.717, 1.165) is 14.5 Å². The van der Waals surface area contributed by atoms with Crippen molar-refractivity contribution in [2.45, 2.75) is 6.54 Å². The molecule has 4 nitrogen and oxygen atoms in total. The Balaban J connectivity index is 1.95. The molecule has 2 aromatic carbocycles. The van der Waals surface area contributed by atoms with Gasteiger partial charge >= 0.3 is 0 Å². The number of nitrogens with two attached hydrogens (primary N) is 1. The minimum absolute atomic E-state index is 0.202. The average Bonchev–Trinajstić information content (AvgIpc) is 2.62. The minimum Gasteiger partial charge on any atom is -0.399 e. The Morgan fingerprint density at radius 1 is 0.905 bits per heavy atom. The van der Waals surface area contributed by atoms with E-state index in [9.17, 15) is 9.59 Å². The van der Waals surface area contributed by atoms with Gasteiger partial charge in [0.25, 0.3) is 11.8 Å². The van der Waals surface area contributed by atoms with Crippen LogP contribution in [0.2, 0.25) is 0 Å². The monoisotopic (exact) mass is 408 g/mol. The van der Waals surface area contributed by atoms with Crippen LogP contribution in [0, 0.1) is 0 Å². The van der Waals surface area contributed by atoms with Crippen LogP contribution in [0.5, 0.6) is 0 Å². The predicted molar refractivity (Wildman–Crippen MR) is 86.9 cm³/mol. The SMILES string of the molecule is Nc1cc(Br)cc(CN2C(=O)c3ccc(Br)cc3C2=O)c1. The van der Waals surface area contributed by atoms with E-state index < -0.39 is 0 Å². The maximum absolute atomic E-state index is 12.4. The summed E-state index contributed by atoms with van der Waals surface area (Å²) in [5.74, 6) is -0.559. The first-order chi connectivity index (χ1) is 9.95. The summed E-state index contributed by atoms with van der Waals surface area (Å²) in [5.41, 5.74) is 8.03. The predicted octanol–water partition coefficient (Wildman–Crippen LogP) is 3.59. The van der Waals surface area contributed by atoms with E-state index in [1.54, 1.807) is 30.3 Å². The van der Waals surface area contributed by atoms with Crippen LogP contribution in [0.3, 0.4) is 0 Å². The van der Waals surface area contributed by atoms with Crippen LogP contribution >= 0.6 is 31.9 Å². The fourth-order valence-corrected chi connectivity index (χ4v) is 3.28. The van der Waals surface area contributed by atoms with Gasteiger partial charge in [-0.25, -0.2) is 0 Å². The topological polar surface area (TPSA) is 63.4 Å². The van der Waals surface area contributed by atoms with Crippen molar-refractivity contribution in [1.82, 2.24) is 4.90 Å². The molecule has 2 N–H and O–H groups in total. The number of nitrogen functional groups attached to an aromatic ring is 1. The molecule has 0 fully saturated rings. The molecule has 0 atom stereocenters. The molecule has 2 aromatic rings. The molecule has 0 saturated carbocycles. The van der Waals surface area contributed by atoms with E-state index >= 15 is 0 Å². The van der Waals surface area contributed by atoms with Gasteiger partial charge in [-0.1, -0.05) is 31.9 Å². The zero-order valence-corrected chi connectivity index (χ0v) is 13.9. The van der Waals surface area contributed by atoms with Gasteiger partial charge in [-0.2, -0.15) is 0 Å². The number of benzene rings is 2. The van der Waals surface area contributed by atoms with E-state index in [0.29, 0.717) is 16.8 Å². The second-order valence-corrected chi connectivity index (χ2v) is 6.61. The fraction of sp³-hybridized carbons (Fsp3) is 0.0667. The Labute approximate surface area is 138 Å². The number of hydrogen-bond acceptors (Lipinski definition) is 3. The summed E-state index contributed by atoms with van der Waals surface area (Å²) in [6, 6.07) is 10.5. The lowest BCUT2D eigenvalue weighted by molar-refractivity contribution is 0.0642. The smallest absolute Gasteiger partial charge is 0.261 e. The van der Waals surface area contributed by atoms with Crippen LogP contribution in [0.25, 0.3) is 0 Å². The highest BCUT2D eigenvalue weighted by Crippen LogP contribution is 2.28. The molecule has 0 bridgehead atoms. The van der Waals surface area contributed by atoms with Crippen molar-refractivity contribution in [1.29, 1.82) is 0 Å². The second kappa shape index (κ2) is 5.27. The highest BCUT2D eigenvalue weighted by molar-refractivity contribution is 9.10. The Bertz CT molecular complexity index is 754. The summed E-state index contributed by atoms with van der Waals surface area (Å²) in [6.45, 7) is 0.202. The lowest BCUT2D eigenvalue weighted by Gasteiger charge is -2.14. The summed E-state index contributed by atoms with van der Waals surface area (Å²) in [4.78, 5) is 25.9. The van der Waals surface area contributed by atoms with E-state index in [2.05, 4.69) is 31.9 Å². The standard InChI is InChI=1S/C15H10Br2N2O2/c16-9-1-2-12-13(6-9)15(21)19(14(12)20)7-8-3-10(17)5-11(18)4-8/h1-6H,7,18H2. The van der Waals surface area contributed by atoms with E-state index in [4.69, 9.17) is 5.73 Å². The Hall–Kier alpha value is -1.66. The van der Waals surface area contributed by atoms with E-state index in [1.165, 1.54) is 4.90 Å². The first kappa shape index (κ1) is 14.3. The molecule has 0 aromatic heterocycles. The first-order valence-corrected chi connectivity index (χ1v) is 7.75. The lowest BCUT2D eigenvalue weighted by atomic mass is 10.1. The molecule has 1 aliphatic heterocycles. The first-order valence-electron chi connectivity index (χ1n) is 6.16. The zero-order valence-electron chi connectivity index (χ0n) is 10.8. The van der Waals surface area contributed by atoms with Crippen molar-refractivity contribution in [2.24, 2.45) is 0 Å². The van der Waals surface area contributed by atoms with Gasteiger partial charge in [-0.3, -0.25) is 14.5 Å². The molecule has 0 unspecified atom stereocenters. The third-order valence-corrected chi connectivity index (χ3v) is 4.20. The number of fused-ring (bicyclic) bond motifs is 1. The van der Waals surface area contributed by atoms with Gasteiger partial charge in [0, 0.05) is 14.6 Å². The van der Waals surface area contributed by atoms with Crippen molar-refractivity contribution >= 4 is 49.4 Å². The van der Waals surface area contributed by atoms with E-state index in [-0.39, 0.29) is 18.4 Å². The van der Waals surface area contributed by atoms with Gasteiger partial charge in [0.1, 0.15) is 0 Å². The van der Waals surface area contributed by atoms with Crippen molar-refractivity contribution in [3.05, 3.63) is 62.0 Å². The maximum Gasteiger partial charge on any atom is 0.261 e. The molecule has 0 saturated heterocycles. The zero-order chi connectivity index (χ0) is 15.1. The molecule has 0 aliphatic carbocycles. The molecule has 1 aliphatic rings. The average molecular weight is 410 g/mol. The summed E-state index contributed by atoms with van der Waals surface area (Å²) in [7, 11) is 0. The van der Waals surface area contributed by atoms with Crippen molar-refractivity contribution in [3.63, 3.8) is 0 Å². The van der Waals surface area contributed by atoms with Gasteiger partial charge in [0.05, 0.1) is 17.7 Å². The van der Waals surface area contributed by atoms with Crippen LogP contribution < -0.4 is 5.73 Å². The van der Waals surface area contributed by atoms with Crippen LogP contribution in [-0.2, 0) is 6.54 Å². The molecule has 2 amide bonds. The molecule has 6 heteroatoms. The lowest BCUT2D eigenvalue weighted by Crippen LogP contribution is -2.29. The summed E-state index contributed by atoms with van der Waals surface area (Å²) < 4.78 is 1.59. The molecular formula is C15H10Br2N2O2. The number of carbonyl (C=O) groups excluding carboxylic acids is 2. The molecule has 1 heterocycles. The number of rotatable bonds is 2. The van der Waals surface area contributed by atoms with Gasteiger partial charge < -0.3 is 5.73 Å². The van der Waals surface area contributed by atoms with Gasteiger partial charge in [0.15, 0.2) is 0 Å². The highest BCUT2D eigenvalue weighted by atomic mass is 79.9. The third kappa shape index (κ3) is 2.61. The second-order valence-electron chi connectivity index (χ2n) is 4.78. The number of hydrogen-bond donors (Lipinski definition) is 1. The number of amides is 2. The van der Waals surface area contributed by atoms with Gasteiger partial charge in [-0.15, -0.1) is 0 Å². The van der Waals surface area contributed by atoms with Crippen LogP contribution in [-0.4, -0.2) is 16.7 Å². The molecule has 106 valence electrons. The summed E-state index contributed by atoms with van der Waals surface area (Å²) in [6.07, 6.45) is 0. The number of carbonyl (C=O) groups is 2. The quantitative estimate of drug-likeness (QED) is 0.608. The van der Waals surface area contributed by atoms with Gasteiger partial charge in [0.2, 0.25) is 0 Å². The number of nitrogens with zero attached hydrogens (tertiary/aromatic N) is 1. The number of imide groups is 1. The largest absolute Gasteiger partial charge is 0.399 e. The van der Waals surface area contributed by atoms with Crippen LogP contribution in [0.4, 0.5) is 5.69 Å². The normalized spacial score (nSPS) is 13.7. The molecule has 3 rings (SSSR count). The fourth-order valence-electron chi connectivity index (χ4n) is 2.36. The maximum atomic E-state index is 12.4. The molecular weight excluding hydrogens is 400 g/mol. The Morgan fingerprint density at radius 2 is 1.62 bits per heavy atom. The van der Waals surface area contributed by atoms with Crippen molar-refractivity contribution < 1.29 is 9.59 Å². The number of anilines is 1. The molecule has 0 spiro atoms. The van der Waals surface area contributed by atoms with Crippen molar-refractivity contribution in [3.8, 4) is 0 Å².